The molecule has 0 radical (unpaired) electrons. The van der Waals surface area contributed by atoms with Crippen LogP contribution in [0.5, 0.6) is 11.5 Å². The molecule has 198 valence electrons. The van der Waals surface area contributed by atoms with E-state index in [0.29, 0.717) is 60.9 Å². The number of aliphatic imine (C=N–C) groups is 1. The first-order valence-corrected chi connectivity index (χ1v) is 12.4. The highest BCUT2D eigenvalue weighted by molar-refractivity contribution is 5.98. The van der Waals surface area contributed by atoms with Gasteiger partial charge in [-0.3, -0.25) is 14.8 Å². The largest absolute Gasteiger partial charge is 0.497 e. The molecule has 0 aliphatic carbocycles. The van der Waals surface area contributed by atoms with Crippen LogP contribution in [-0.2, 0) is 4.79 Å². The van der Waals surface area contributed by atoms with Crippen LogP contribution in [-0.4, -0.2) is 67.7 Å². The zero-order valence-electron chi connectivity index (χ0n) is 21.6. The summed E-state index contributed by atoms with van der Waals surface area (Å²) in [5, 5.41) is 12.6. The lowest BCUT2D eigenvalue weighted by Crippen LogP contribution is -2.26. The van der Waals surface area contributed by atoms with Crippen molar-refractivity contribution in [3.63, 3.8) is 0 Å². The highest BCUT2D eigenvalue weighted by Gasteiger charge is 2.15. The zero-order chi connectivity index (χ0) is 26.9. The number of nitrogens with two attached hydrogens (primary N) is 1. The number of ether oxygens (including phenoxy) is 2. The van der Waals surface area contributed by atoms with E-state index in [1.54, 1.807) is 38.8 Å². The Bertz CT molecular complexity index is 1360. The van der Waals surface area contributed by atoms with Crippen molar-refractivity contribution < 1.29 is 19.4 Å². The summed E-state index contributed by atoms with van der Waals surface area (Å²) >= 11 is 0. The minimum Gasteiger partial charge on any atom is -0.497 e. The van der Waals surface area contributed by atoms with Crippen molar-refractivity contribution in [2.24, 2.45) is 10.7 Å². The van der Waals surface area contributed by atoms with E-state index in [0.717, 1.165) is 22.5 Å². The van der Waals surface area contributed by atoms with Crippen LogP contribution in [0.15, 0.2) is 65.4 Å². The van der Waals surface area contributed by atoms with Gasteiger partial charge in [-0.1, -0.05) is 6.08 Å². The molecule has 0 bridgehead atoms. The van der Waals surface area contributed by atoms with Crippen molar-refractivity contribution in [2.45, 2.75) is 12.8 Å². The molecule has 1 aromatic heterocycles. The second kappa shape index (κ2) is 12.8. The fourth-order valence-electron chi connectivity index (χ4n) is 4.03. The number of rotatable bonds is 11. The van der Waals surface area contributed by atoms with Gasteiger partial charge in [-0.05, 0) is 37.2 Å². The number of allylic oxidation sites excluding steroid dienone is 3. The number of methoxy groups -OCH3 is 2. The van der Waals surface area contributed by atoms with Gasteiger partial charge in [-0.15, -0.1) is 0 Å². The monoisotopic (exact) mass is 516 g/mol. The van der Waals surface area contributed by atoms with Gasteiger partial charge >= 0.3 is 0 Å². The Balaban J connectivity index is 1.69. The molecule has 2 heterocycles. The number of nitrogens with one attached hydrogen (secondary N) is 1. The summed E-state index contributed by atoms with van der Waals surface area (Å²) in [6.07, 6.45) is 8.33. The first-order chi connectivity index (χ1) is 18.6. The molecule has 1 aliphatic heterocycles. The lowest BCUT2D eigenvalue weighted by Gasteiger charge is -2.25. The van der Waals surface area contributed by atoms with Gasteiger partial charge in [0.05, 0.1) is 43.8 Å². The molecule has 0 atom stereocenters. The summed E-state index contributed by atoms with van der Waals surface area (Å²) in [6, 6.07) is 11.3. The van der Waals surface area contributed by atoms with Crippen LogP contribution in [0.2, 0.25) is 0 Å². The van der Waals surface area contributed by atoms with Crippen LogP contribution in [0, 0.1) is 0 Å². The van der Waals surface area contributed by atoms with E-state index < -0.39 is 0 Å². The Morgan fingerprint density at radius 3 is 2.61 bits per heavy atom. The molecule has 10 heteroatoms. The van der Waals surface area contributed by atoms with Gasteiger partial charge < -0.3 is 30.5 Å². The predicted molar refractivity (Wildman–Crippen MR) is 149 cm³/mol. The summed E-state index contributed by atoms with van der Waals surface area (Å²) in [7, 11) is 3.19. The minimum absolute atomic E-state index is 0.0584. The molecule has 0 saturated heterocycles. The van der Waals surface area contributed by atoms with Crippen molar-refractivity contribution in [3.8, 4) is 11.5 Å². The Kier molecular flexibility index (Phi) is 9.02. The standard InChI is InChI=1S/C28H32N6O4/c1-37-22-14-21(15-23(17-22)38-2)34(11-12-35)20-6-7-24-25(16-20)33-27(18-32-24)19-5-3-9-30-26(13-19)28(36)31-10-4-8-29/h5-7,9,13-18,35H,3-4,8,10-12,29H2,1-2H3,(H,31,36). The van der Waals surface area contributed by atoms with Crippen molar-refractivity contribution in [3.05, 3.63) is 66.1 Å². The number of hydrogen-bond acceptors (Lipinski definition) is 9. The smallest absolute Gasteiger partial charge is 0.269 e. The van der Waals surface area contributed by atoms with E-state index in [4.69, 9.17) is 20.2 Å². The van der Waals surface area contributed by atoms with Crippen LogP contribution in [0.1, 0.15) is 18.5 Å². The fourth-order valence-corrected chi connectivity index (χ4v) is 4.03. The Labute approximate surface area is 221 Å². The van der Waals surface area contributed by atoms with Crippen molar-refractivity contribution in [2.75, 3.05) is 45.4 Å². The third-order valence-corrected chi connectivity index (χ3v) is 5.97. The summed E-state index contributed by atoms with van der Waals surface area (Å²) in [5.41, 5.74) is 10.2. The number of aromatic nitrogens is 2. The Morgan fingerprint density at radius 1 is 1.11 bits per heavy atom. The van der Waals surface area contributed by atoms with Crippen LogP contribution < -0.4 is 25.4 Å². The van der Waals surface area contributed by atoms with Gasteiger partial charge in [0.25, 0.3) is 5.91 Å². The van der Waals surface area contributed by atoms with E-state index in [1.165, 1.54) is 0 Å². The lowest BCUT2D eigenvalue weighted by atomic mass is 10.1. The van der Waals surface area contributed by atoms with Crippen molar-refractivity contribution in [1.29, 1.82) is 0 Å². The van der Waals surface area contributed by atoms with E-state index in [1.807, 2.05) is 41.3 Å². The van der Waals surface area contributed by atoms with E-state index in [9.17, 15) is 9.90 Å². The third-order valence-electron chi connectivity index (χ3n) is 5.97. The van der Waals surface area contributed by atoms with Crippen molar-refractivity contribution in [1.82, 2.24) is 15.3 Å². The number of carbonyl (C=O) groups is 1. The second-order valence-corrected chi connectivity index (χ2v) is 8.51. The average molecular weight is 517 g/mol. The summed E-state index contributed by atoms with van der Waals surface area (Å²) in [5.74, 6) is 1.02. The maximum absolute atomic E-state index is 12.6. The van der Waals surface area contributed by atoms with Gasteiger partial charge in [-0.25, -0.2) is 4.98 Å². The third kappa shape index (κ3) is 6.34. The summed E-state index contributed by atoms with van der Waals surface area (Å²) in [6.45, 7) is 1.28. The van der Waals surface area contributed by atoms with Crippen LogP contribution in [0.25, 0.3) is 16.6 Å². The molecule has 3 aromatic rings. The molecule has 0 unspecified atom stereocenters. The summed E-state index contributed by atoms with van der Waals surface area (Å²) < 4.78 is 10.9. The number of fused-ring (bicyclic) bond motifs is 1. The molecule has 2 aromatic carbocycles. The molecule has 0 spiro atoms. The molecule has 0 fully saturated rings. The van der Waals surface area contributed by atoms with Crippen LogP contribution >= 0.6 is 0 Å². The number of anilines is 2. The fraction of sp³-hybridized carbons (Fsp3) is 0.286. The van der Waals surface area contributed by atoms with E-state index in [-0.39, 0.29) is 12.5 Å². The highest BCUT2D eigenvalue weighted by Crippen LogP contribution is 2.34. The lowest BCUT2D eigenvalue weighted by molar-refractivity contribution is -0.117. The predicted octanol–water partition coefficient (Wildman–Crippen LogP) is 2.98. The molecule has 1 amide bonds. The normalized spacial score (nSPS) is 12.9. The molecular weight excluding hydrogens is 484 g/mol. The maximum atomic E-state index is 12.6. The van der Waals surface area contributed by atoms with Gasteiger partial charge in [0, 0.05) is 60.9 Å². The highest BCUT2D eigenvalue weighted by atomic mass is 16.5. The number of nitrogens with zero attached hydrogens (tertiary/aromatic N) is 4. The quantitative estimate of drug-likeness (QED) is 0.331. The molecule has 1 aliphatic rings. The van der Waals surface area contributed by atoms with Crippen LogP contribution in [0.3, 0.4) is 0 Å². The maximum Gasteiger partial charge on any atom is 0.269 e. The number of aliphatic hydroxyl groups excluding tert-OH is 1. The number of aliphatic hydroxyl groups is 1. The number of benzene rings is 2. The van der Waals surface area contributed by atoms with E-state index >= 15 is 0 Å². The number of hydrogen-bond donors (Lipinski definition) is 3. The second-order valence-electron chi connectivity index (χ2n) is 8.51. The number of carbonyl (C=O) groups excluding carboxylic acids is 1. The molecule has 10 nitrogen and oxygen atoms in total. The topological polar surface area (TPSA) is 135 Å². The Hall–Kier alpha value is -4.28. The molecule has 38 heavy (non-hydrogen) atoms. The zero-order valence-corrected chi connectivity index (χ0v) is 21.6. The first kappa shape index (κ1) is 26.8. The Morgan fingerprint density at radius 2 is 1.89 bits per heavy atom. The van der Waals surface area contributed by atoms with Gasteiger partial charge in [0.1, 0.15) is 17.2 Å². The van der Waals surface area contributed by atoms with E-state index in [2.05, 4.69) is 15.3 Å². The molecule has 0 saturated carbocycles. The van der Waals surface area contributed by atoms with Crippen molar-refractivity contribution >= 4 is 40.1 Å². The SMILES string of the molecule is COc1cc(OC)cc(N(CCO)c2ccc3ncc(C4=CCC=NC(C(=O)NCCCN)=C4)nc3c2)c1. The minimum atomic E-state index is -0.258. The van der Waals surface area contributed by atoms with Crippen LogP contribution in [0.4, 0.5) is 11.4 Å². The van der Waals surface area contributed by atoms with Gasteiger partial charge in [-0.2, -0.15) is 0 Å². The molecular formula is C28H32N6O4. The molecule has 4 N–H and O–H groups in total. The van der Waals surface area contributed by atoms with Gasteiger partial charge in [0.15, 0.2) is 0 Å². The average Bonchev–Trinajstić information content (AvgIpc) is 3.21. The first-order valence-electron chi connectivity index (χ1n) is 12.4. The number of amides is 1. The summed E-state index contributed by atoms with van der Waals surface area (Å²) in [4.78, 5) is 28.3. The van der Waals surface area contributed by atoms with Gasteiger partial charge in [0.2, 0.25) is 0 Å². The molecule has 4 rings (SSSR count).